The quantitative estimate of drug-likeness (QED) is 0.718. The van der Waals surface area contributed by atoms with Crippen LogP contribution in [0.3, 0.4) is 0 Å². The zero-order chi connectivity index (χ0) is 15.4. The van der Waals surface area contributed by atoms with E-state index in [1.54, 1.807) is 7.11 Å². The minimum absolute atomic E-state index is 0.156. The van der Waals surface area contributed by atoms with E-state index in [4.69, 9.17) is 27.9 Å². The molecule has 0 aliphatic carbocycles. The molecule has 2 aromatic carbocycles. The zero-order valence-corrected chi connectivity index (χ0v) is 14.9. The molecule has 21 heavy (non-hydrogen) atoms. The Morgan fingerprint density at radius 3 is 2.57 bits per heavy atom. The van der Waals surface area contributed by atoms with Crippen molar-refractivity contribution in [3.8, 4) is 5.75 Å². The first-order chi connectivity index (χ1) is 10.0. The molecule has 0 heterocycles. The van der Waals surface area contributed by atoms with E-state index < -0.39 is 0 Å². The highest BCUT2D eigenvalue weighted by Gasteiger charge is 2.09. The van der Waals surface area contributed by atoms with Gasteiger partial charge in [-0.05, 0) is 42.8 Å². The first-order valence-electron chi connectivity index (χ1n) is 6.52. The molecule has 0 bridgehead atoms. The third-order valence-electron chi connectivity index (χ3n) is 3.28. The summed E-state index contributed by atoms with van der Waals surface area (Å²) in [7, 11) is 1.68. The molecule has 2 nitrogen and oxygen atoms in total. The van der Waals surface area contributed by atoms with E-state index in [0.29, 0.717) is 16.6 Å². The summed E-state index contributed by atoms with van der Waals surface area (Å²) >= 11 is 15.5. The van der Waals surface area contributed by atoms with E-state index >= 15 is 0 Å². The van der Waals surface area contributed by atoms with Crippen LogP contribution in [0.1, 0.15) is 24.1 Å². The molecular weight excluding hydrogens is 373 g/mol. The lowest BCUT2D eigenvalue weighted by molar-refractivity contribution is 0.406. The average Bonchev–Trinajstić information content (AvgIpc) is 2.47. The highest BCUT2D eigenvalue weighted by molar-refractivity contribution is 9.10. The van der Waals surface area contributed by atoms with Gasteiger partial charge in [0.2, 0.25) is 0 Å². The molecule has 0 aliphatic heterocycles. The van der Waals surface area contributed by atoms with Gasteiger partial charge in [-0.25, -0.2) is 0 Å². The lowest BCUT2D eigenvalue weighted by Crippen LogP contribution is -2.18. The molecule has 1 atom stereocenters. The van der Waals surface area contributed by atoms with E-state index in [0.717, 1.165) is 21.3 Å². The Balaban J connectivity index is 2.08. The van der Waals surface area contributed by atoms with Crippen LogP contribution in [0.25, 0.3) is 0 Å². The van der Waals surface area contributed by atoms with Gasteiger partial charge in [-0.3, -0.25) is 0 Å². The summed E-state index contributed by atoms with van der Waals surface area (Å²) in [6.45, 7) is 2.79. The molecule has 0 radical (unpaired) electrons. The van der Waals surface area contributed by atoms with Crippen LogP contribution >= 0.6 is 39.1 Å². The van der Waals surface area contributed by atoms with Crippen molar-refractivity contribution in [2.45, 2.75) is 19.5 Å². The Morgan fingerprint density at radius 1 is 1.14 bits per heavy atom. The van der Waals surface area contributed by atoms with Gasteiger partial charge in [-0.2, -0.15) is 0 Å². The molecule has 0 aromatic heterocycles. The topological polar surface area (TPSA) is 21.3 Å². The number of benzene rings is 2. The van der Waals surface area contributed by atoms with Crippen LogP contribution in [0.4, 0.5) is 0 Å². The van der Waals surface area contributed by atoms with Gasteiger partial charge in [0.25, 0.3) is 0 Å². The molecule has 2 aromatic rings. The lowest BCUT2D eigenvalue weighted by atomic mass is 10.1. The van der Waals surface area contributed by atoms with Crippen LogP contribution in [-0.4, -0.2) is 7.11 Å². The highest BCUT2D eigenvalue weighted by atomic mass is 79.9. The zero-order valence-electron chi connectivity index (χ0n) is 11.8. The van der Waals surface area contributed by atoms with Gasteiger partial charge < -0.3 is 10.1 Å². The SMILES string of the molecule is COc1ccc(Br)cc1CNC(C)c1ccc(Cl)c(Cl)c1. The van der Waals surface area contributed by atoms with Gasteiger partial charge in [0.1, 0.15) is 5.75 Å². The first kappa shape index (κ1) is 16.6. The molecule has 1 N–H and O–H groups in total. The van der Waals surface area contributed by atoms with Crippen molar-refractivity contribution in [1.29, 1.82) is 0 Å². The van der Waals surface area contributed by atoms with E-state index in [1.165, 1.54) is 0 Å². The number of hydrogen-bond donors (Lipinski definition) is 1. The van der Waals surface area contributed by atoms with Crippen molar-refractivity contribution in [3.05, 3.63) is 62.0 Å². The average molecular weight is 389 g/mol. The fraction of sp³-hybridized carbons (Fsp3) is 0.250. The van der Waals surface area contributed by atoms with Crippen molar-refractivity contribution >= 4 is 39.1 Å². The van der Waals surface area contributed by atoms with Gasteiger partial charge in [0, 0.05) is 22.6 Å². The van der Waals surface area contributed by atoms with Crippen molar-refractivity contribution in [2.24, 2.45) is 0 Å². The molecule has 0 fully saturated rings. The van der Waals surface area contributed by atoms with Crippen molar-refractivity contribution < 1.29 is 4.74 Å². The van der Waals surface area contributed by atoms with Crippen LogP contribution in [0.2, 0.25) is 10.0 Å². The van der Waals surface area contributed by atoms with Crippen LogP contribution in [0, 0.1) is 0 Å². The second-order valence-electron chi connectivity index (χ2n) is 4.73. The van der Waals surface area contributed by atoms with Gasteiger partial charge in [0.05, 0.1) is 17.2 Å². The molecule has 112 valence electrons. The number of methoxy groups -OCH3 is 1. The first-order valence-corrected chi connectivity index (χ1v) is 8.07. The monoisotopic (exact) mass is 387 g/mol. The predicted molar refractivity (Wildman–Crippen MR) is 92.4 cm³/mol. The summed E-state index contributed by atoms with van der Waals surface area (Å²) in [4.78, 5) is 0. The number of rotatable bonds is 5. The Hall–Kier alpha value is -0.740. The molecule has 0 aliphatic rings. The summed E-state index contributed by atoms with van der Waals surface area (Å²) in [6, 6.07) is 11.8. The number of hydrogen-bond acceptors (Lipinski definition) is 2. The Labute approximate surface area is 143 Å². The van der Waals surface area contributed by atoms with E-state index in [-0.39, 0.29) is 6.04 Å². The summed E-state index contributed by atoms with van der Waals surface area (Å²) in [5.41, 5.74) is 2.19. The maximum atomic E-state index is 6.06. The summed E-state index contributed by atoms with van der Waals surface area (Å²) in [5.74, 6) is 0.868. The smallest absolute Gasteiger partial charge is 0.123 e. The third kappa shape index (κ3) is 4.36. The normalized spacial score (nSPS) is 12.2. The summed E-state index contributed by atoms with van der Waals surface area (Å²) in [5, 5.41) is 4.60. The highest BCUT2D eigenvalue weighted by Crippen LogP contribution is 2.27. The van der Waals surface area contributed by atoms with E-state index in [2.05, 4.69) is 28.2 Å². The maximum Gasteiger partial charge on any atom is 0.123 e. The van der Waals surface area contributed by atoms with Crippen molar-refractivity contribution in [3.63, 3.8) is 0 Å². The molecular formula is C16H16BrCl2NO. The van der Waals surface area contributed by atoms with Crippen LogP contribution < -0.4 is 10.1 Å². The molecule has 0 spiro atoms. The van der Waals surface area contributed by atoms with E-state index in [9.17, 15) is 0 Å². The second kappa shape index (κ2) is 7.50. The Morgan fingerprint density at radius 2 is 1.90 bits per heavy atom. The largest absolute Gasteiger partial charge is 0.496 e. The van der Waals surface area contributed by atoms with Crippen LogP contribution in [-0.2, 0) is 6.54 Å². The summed E-state index contributed by atoms with van der Waals surface area (Å²) < 4.78 is 6.40. The molecule has 1 unspecified atom stereocenters. The van der Waals surface area contributed by atoms with Crippen LogP contribution in [0.15, 0.2) is 40.9 Å². The predicted octanol–water partition coefficient (Wildman–Crippen LogP) is 5.62. The number of halogens is 3. The van der Waals surface area contributed by atoms with E-state index in [1.807, 2.05) is 36.4 Å². The molecule has 5 heteroatoms. The maximum absolute atomic E-state index is 6.06. The van der Waals surface area contributed by atoms with Crippen LogP contribution in [0.5, 0.6) is 5.75 Å². The van der Waals surface area contributed by atoms with Crippen molar-refractivity contribution in [2.75, 3.05) is 7.11 Å². The summed E-state index contributed by atoms with van der Waals surface area (Å²) in [6.07, 6.45) is 0. The van der Waals surface area contributed by atoms with Gasteiger partial charge in [-0.1, -0.05) is 45.2 Å². The molecule has 2 rings (SSSR count). The lowest BCUT2D eigenvalue weighted by Gasteiger charge is -2.16. The Bertz CT molecular complexity index is 634. The standard InChI is InChI=1S/C16H16BrCl2NO/c1-10(11-3-5-14(18)15(19)8-11)20-9-12-7-13(17)4-6-16(12)21-2/h3-8,10,20H,9H2,1-2H3. The molecule has 0 amide bonds. The Kier molecular flexibility index (Phi) is 5.94. The minimum atomic E-state index is 0.156. The van der Waals surface area contributed by atoms with Gasteiger partial charge >= 0.3 is 0 Å². The minimum Gasteiger partial charge on any atom is -0.496 e. The van der Waals surface area contributed by atoms with Gasteiger partial charge in [0.15, 0.2) is 0 Å². The number of ether oxygens (including phenoxy) is 1. The second-order valence-corrected chi connectivity index (χ2v) is 6.46. The van der Waals surface area contributed by atoms with Gasteiger partial charge in [-0.15, -0.1) is 0 Å². The molecule has 0 saturated heterocycles. The number of nitrogens with one attached hydrogen (secondary N) is 1. The fourth-order valence-electron chi connectivity index (χ4n) is 2.05. The third-order valence-corrected chi connectivity index (χ3v) is 4.52. The molecule has 0 saturated carbocycles. The fourth-order valence-corrected chi connectivity index (χ4v) is 2.76. The van der Waals surface area contributed by atoms with Crippen molar-refractivity contribution in [1.82, 2.24) is 5.32 Å².